The van der Waals surface area contributed by atoms with Gasteiger partial charge in [0.25, 0.3) is 0 Å². The third-order valence-electron chi connectivity index (χ3n) is 4.04. The van der Waals surface area contributed by atoms with E-state index in [0.717, 1.165) is 18.6 Å². The molecule has 0 saturated carbocycles. The minimum atomic E-state index is -0.232. The molecule has 20 heavy (non-hydrogen) atoms. The Balaban J connectivity index is 1.94. The van der Waals surface area contributed by atoms with Gasteiger partial charge in [0.05, 0.1) is 33.4 Å². The zero-order valence-corrected chi connectivity index (χ0v) is 11.8. The molecule has 1 aromatic carbocycles. The number of fused-ring (bicyclic) bond motifs is 2. The molecule has 3 rings (SSSR count). The maximum atomic E-state index is 11.5. The summed E-state index contributed by atoms with van der Waals surface area (Å²) in [7, 11) is 3.08. The first-order valence-corrected chi connectivity index (χ1v) is 6.80. The van der Waals surface area contributed by atoms with Gasteiger partial charge in [0.1, 0.15) is 5.75 Å². The van der Waals surface area contributed by atoms with Crippen LogP contribution < -0.4 is 4.74 Å². The van der Waals surface area contributed by atoms with Gasteiger partial charge < -0.3 is 14.2 Å². The molecule has 106 valence electrons. The highest BCUT2D eigenvalue weighted by atomic mass is 16.5. The standard InChI is InChI=1S/C16H18O4/c1-18-12-5-6-13-10(7-12)3-4-11-9-20-14(16(11)13)8-15(17)19-2/h5-7,14H,3-4,8-9H2,1-2H3. The Morgan fingerprint density at radius 2 is 2.20 bits per heavy atom. The third-order valence-corrected chi connectivity index (χ3v) is 4.04. The third kappa shape index (κ3) is 2.20. The van der Waals surface area contributed by atoms with Crippen LogP contribution in [0.2, 0.25) is 0 Å². The molecule has 2 aliphatic rings. The van der Waals surface area contributed by atoms with Crippen molar-refractivity contribution in [1.29, 1.82) is 0 Å². The second kappa shape index (κ2) is 5.29. The highest BCUT2D eigenvalue weighted by Gasteiger charge is 2.33. The van der Waals surface area contributed by atoms with Gasteiger partial charge in [0.15, 0.2) is 0 Å². The van der Waals surface area contributed by atoms with Crippen molar-refractivity contribution in [2.45, 2.75) is 25.4 Å². The molecular formula is C16H18O4. The summed E-state index contributed by atoms with van der Waals surface area (Å²) in [6.45, 7) is 0.627. The molecule has 1 aliphatic carbocycles. The maximum Gasteiger partial charge on any atom is 0.308 e. The van der Waals surface area contributed by atoms with E-state index in [0.29, 0.717) is 6.61 Å². The Hall–Kier alpha value is -1.81. The summed E-state index contributed by atoms with van der Waals surface area (Å²) in [5.74, 6) is 0.639. The molecular weight excluding hydrogens is 256 g/mol. The largest absolute Gasteiger partial charge is 0.497 e. The molecule has 0 fully saturated rings. The average Bonchev–Trinajstić information content (AvgIpc) is 2.89. The van der Waals surface area contributed by atoms with Gasteiger partial charge in [-0.25, -0.2) is 0 Å². The Morgan fingerprint density at radius 3 is 2.95 bits per heavy atom. The number of hydrogen-bond donors (Lipinski definition) is 0. The van der Waals surface area contributed by atoms with Gasteiger partial charge >= 0.3 is 5.97 Å². The van der Waals surface area contributed by atoms with E-state index in [-0.39, 0.29) is 18.5 Å². The van der Waals surface area contributed by atoms with Crippen molar-refractivity contribution < 1.29 is 19.0 Å². The predicted molar refractivity (Wildman–Crippen MR) is 74.6 cm³/mol. The van der Waals surface area contributed by atoms with Gasteiger partial charge in [-0.1, -0.05) is 6.07 Å². The summed E-state index contributed by atoms with van der Waals surface area (Å²) < 4.78 is 15.8. The van der Waals surface area contributed by atoms with E-state index in [1.165, 1.54) is 29.4 Å². The number of rotatable bonds is 3. The molecule has 0 aromatic heterocycles. The van der Waals surface area contributed by atoms with Crippen LogP contribution in [-0.2, 0) is 20.7 Å². The fraction of sp³-hybridized carbons (Fsp3) is 0.438. The predicted octanol–water partition coefficient (Wildman–Crippen LogP) is 2.36. The topological polar surface area (TPSA) is 44.8 Å². The number of carbonyl (C=O) groups is 1. The van der Waals surface area contributed by atoms with Crippen LogP contribution in [0.5, 0.6) is 5.75 Å². The zero-order chi connectivity index (χ0) is 14.1. The molecule has 0 spiro atoms. The van der Waals surface area contributed by atoms with Crippen LogP contribution in [0.3, 0.4) is 0 Å². The lowest BCUT2D eigenvalue weighted by molar-refractivity contribution is -0.142. The van der Waals surface area contributed by atoms with Gasteiger partial charge in [-0.3, -0.25) is 4.79 Å². The summed E-state index contributed by atoms with van der Waals surface area (Å²) in [5.41, 5.74) is 4.96. The van der Waals surface area contributed by atoms with Gasteiger partial charge in [-0.15, -0.1) is 0 Å². The van der Waals surface area contributed by atoms with E-state index in [1.54, 1.807) is 7.11 Å². The summed E-state index contributed by atoms with van der Waals surface area (Å²) in [6.07, 6.45) is 2.10. The van der Waals surface area contributed by atoms with Gasteiger partial charge in [0.2, 0.25) is 0 Å². The Labute approximate surface area is 118 Å². The van der Waals surface area contributed by atoms with Crippen LogP contribution in [0, 0.1) is 0 Å². The van der Waals surface area contributed by atoms with Crippen molar-refractivity contribution in [3.05, 3.63) is 34.9 Å². The highest BCUT2D eigenvalue weighted by Crippen LogP contribution is 2.41. The normalized spacial score (nSPS) is 20.4. The van der Waals surface area contributed by atoms with Crippen LogP contribution in [0.1, 0.15) is 24.0 Å². The van der Waals surface area contributed by atoms with Crippen molar-refractivity contribution in [3.63, 3.8) is 0 Å². The molecule has 4 nitrogen and oxygen atoms in total. The van der Waals surface area contributed by atoms with Crippen LogP contribution in [0.15, 0.2) is 23.8 Å². The highest BCUT2D eigenvalue weighted by molar-refractivity contribution is 5.82. The van der Waals surface area contributed by atoms with E-state index in [2.05, 4.69) is 12.1 Å². The first kappa shape index (κ1) is 13.2. The van der Waals surface area contributed by atoms with Crippen molar-refractivity contribution in [1.82, 2.24) is 0 Å². The van der Waals surface area contributed by atoms with Gasteiger partial charge in [-0.05, 0) is 47.2 Å². The van der Waals surface area contributed by atoms with E-state index in [4.69, 9.17) is 14.2 Å². The molecule has 1 atom stereocenters. The van der Waals surface area contributed by atoms with Crippen LogP contribution in [0.25, 0.3) is 5.57 Å². The Bertz CT molecular complexity index is 574. The lowest BCUT2D eigenvalue weighted by atomic mass is 9.84. The molecule has 0 saturated heterocycles. The molecule has 1 aliphatic heterocycles. The quantitative estimate of drug-likeness (QED) is 0.794. The fourth-order valence-corrected chi connectivity index (χ4v) is 3.01. The summed E-state index contributed by atoms with van der Waals surface area (Å²) >= 11 is 0. The number of benzene rings is 1. The SMILES string of the molecule is COC(=O)CC1OCC2=C1c1ccc(OC)cc1CC2. The first-order chi connectivity index (χ1) is 9.72. The summed E-state index contributed by atoms with van der Waals surface area (Å²) in [6, 6.07) is 6.11. The minimum Gasteiger partial charge on any atom is -0.497 e. The Kier molecular flexibility index (Phi) is 3.49. The molecule has 0 bridgehead atoms. The van der Waals surface area contributed by atoms with Crippen molar-refractivity contribution >= 4 is 11.5 Å². The van der Waals surface area contributed by atoms with E-state index >= 15 is 0 Å². The smallest absolute Gasteiger partial charge is 0.308 e. The second-order valence-corrected chi connectivity index (χ2v) is 5.12. The first-order valence-electron chi connectivity index (χ1n) is 6.80. The number of hydrogen-bond acceptors (Lipinski definition) is 4. The van der Waals surface area contributed by atoms with Crippen LogP contribution in [0.4, 0.5) is 0 Å². The number of esters is 1. The van der Waals surface area contributed by atoms with Gasteiger partial charge in [-0.2, -0.15) is 0 Å². The fourth-order valence-electron chi connectivity index (χ4n) is 3.01. The van der Waals surface area contributed by atoms with Crippen molar-refractivity contribution in [2.24, 2.45) is 0 Å². The summed E-state index contributed by atoms with van der Waals surface area (Å²) in [4.78, 5) is 11.5. The Morgan fingerprint density at radius 1 is 1.35 bits per heavy atom. The lowest BCUT2D eigenvalue weighted by Crippen LogP contribution is -2.17. The molecule has 1 heterocycles. The van der Waals surface area contributed by atoms with E-state index < -0.39 is 0 Å². The van der Waals surface area contributed by atoms with E-state index in [9.17, 15) is 4.79 Å². The van der Waals surface area contributed by atoms with Crippen molar-refractivity contribution in [3.8, 4) is 5.75 Å². The summed E-state index contributed by atoms with van der Waals surface area (Å²) in [5, 5.41) is 0. The molecule has 0 N–H and O–H groups in total. The number of ether oxygens (including phenoxy) is 3. The van der Waals surface area contributed by atoms with Gasteiger partial charge in [0, 0.05) is 0 Å². The average molecular weight is 274 g/mol. The number of carbonyl (C=O) groups excluding carboxylic acids is 1. The van der Waals surface area contributed by atoms with Crippen LogP contribution >= 0.6 is 0 Å². The zero-order valence-electron chi connectivity index (χ0n) is 11.8. The monoisotopic (exact) mass is 274 g/mol. The second-order valence-electron chi connectivity index (χ2n) is 5.12. The minimum absolute atomic E-state index is 0.176. The molecule has 1 unspecified atom stereocenters. The molecule has 0 amide bonds. The van der Waals surface area contributed by atoms with Crippen molar-refractivity contribution in [2.75, 3.05) is 20.8 Å². The molecule has 0 radical (unpaired) electrons. The maximum absolute atomic E-state index is 11.5. The van der Waals surface area contributed by atoms with Crippen LogP contribution in [-0.4, -0.2) is 32.9 Å². The number of aryl methyl sites for hydroxylation is 1. The lowest BCUT2D eigenvalue weighted by Gasteiger charge is -2.21. The number of methoxy groups -OCH3 is 2. The molecule has 1 aromatic rings. The molecule has 4 heteroatoms. The van der Waals surface area contributed by atoms with E-state index in [1.807, 2.05) is 6.07 Å².